The predicted octanol–water partition coefficient (Wildman–Crippen LogP) is 3.14. The molecule has 2 amide bonds. The van der Waals surface area contributed by atoms with Crippen LogP contribution in [-0.2, 0) is 9.59 Å². The Balaban J connectivity index is 0.000000207. The molecule has 0 aliphatic carbocycles. The summed E-state index contributed by atoms with van der Waals surface area (Å²) in [5, 5.41) is 5.53. The van der Waals surface area contributed by atoms with Crippen molar-refractivity contribution in [2.45, 2.75) is 39.3 Å². The summed E-state index contributed by atoms with van der Waals surface area (Å²) >= 11 is 0. The fourth-order valence-electron chi connectivity index (χ4n) is 2.86. The maximum Gasteiger partial charge on any atom is 0.244 e. The average molecular weight is 384 g/mol. The van der Waals surface area contributed by atoms with Crippen LogP contribution >= 0.6 is 0 Å². The zero-order valence-electron chi connectivity index (χ0n) is 16.8. The van der Waals surface area contributed by atoms with Gasteiger partial charge in [0.2, 0.25) is 12.3 Å². The van der Waals surface area contributed by atoms with Crippen molar-refractivity contribution in [3.63, 3.8) is 0 Å². The Labute approximate surface area is 166 Å². The number of amides is 2. The van der Waals surface area contributed by atoms with Crippen LogP contribution in [0.15, 0.2) is 42.6 Å². The Morgan fingerprint density at radius 1 is 1.29 bits per heavy atom. The standard InChI is InChI=1S/C13H19NO2.C8H9N3O/c1-4-13(14-9-15)11-5-7-12(8-6-11)16-10(2)3;1-11-5-7(12)10-6-3-2-4-9-8(6)11/h5-10,13H,4H2,1-3H3,(H,14,15);2-4H,5H2,1H3,(H,10,12). The van der Waals surface area contributed by atoms with Crippen molar-refractivity contribution < 1.29 is 14.3 Å². The molecular weight excluding hydrogens is 356 g/mol. The number of hydrogen-bond donors (Lipinski definition) is 2. The third-order valence-corrected chi connectivity index (χ3v) is 4.13. The molecule has 0 radical (unpaired) electrons. The molecule has 0 bridgehead atoms. The molecule has 1 atom stereocenters. The number of fused-ring (bicyclic) bond motifs is 1. The van der Waals surface area contributed by atoms with Gasteiger partial charge in [0.05, 0.1) is 24.4 Å². The molecule has 150 valence electrons. The van der Waals surface area contributed by atoms with Crippen molar-refractivity contribution >= 4 is 23.8 Å². The SMILES string of the molecule is CCC(NC=O)c1ccc(OC(C)C)cc1.CN1CC(=O)Nc2cccnc21. The van der Waals surface area contributed by atoms with Crippen LogP contribution in [0.25, 0.3) is 0 Å². The Morgan fingerprint density at radius 3 is 2.61 bits per heavy atom. The summed E-state index contributed by atoms with van der Waals surface area (Å²) in [7, 11) is 1.85. The quantitative estimate of drug-likeness (QED) is 0.748. The largest absolute Gasteiger partial charge is 0.491 e. The first-order chi connectivity index (χ1) is 13.4. The maximum absolute atomic E-state index is 11.1. The van der Waals surface area contributed by atoms with E-state index in [2.05, 4.69) is 15.6 Å². The summed E-state index contributed by atoms with van der Waals surface area (Å²) in [6.45, 7) is 6.41. The Hall–Kier alpha value is -3.09. The number of benzene rings is 1. The number of rotatable bonds is 6. The molecule has 1 unspecified atom stereocenters. The van der Waals surface area contributed by atoms with Crippen molar-refractivity contribution in [2.75, 3.05) is 23.8 Å². The van der Waals surface area contributed by atoms with Crippen LogP contribution in [0.2, 0.25) is 0 Å². The first-order valence-corrected chi connectivity index (χ1v) is 9.36. The lowest BCUT2D eigenvalue weighted by atomic mass is 10.0. The lowest BCUT2D eigenvalue weighted by molar-refractivity contribution is -0.115. The highest BCUT2D eigenvalue weighted by atomic mass is 16.5. The van der Waals surface area contributed by atoms with Crippen LogP contribution < -0.4 is 20.3 Å². The monoisotopic (exact) mass is 384 g/mol. The molecule has 1 aliphatic heterocycles. The van der Waals surface area contributed by atoms with Gasteiger partial charge in [-0.15, -0.1) is 0 Å². The summed E-state index contributed by atoms with van der Waals surface area (Å²) in [5.41, 5.74) is 1.89. The topological polar surface area (TPSA) is 83.6 Å². The normalized spacial score (nSPS) is 13.6. The number of nitrogens with zero attached hydrogens (tertiary/aromatic N) is 2. The number of aromatic nitrogens is 1. The minimum absolute atomic E-state index is 0.0120. The van der Waals surface area contributed by atoms with Gasteiger partial charge in [-0.05, 0) is 50.1 Å². The van der Waals surface area contributed by atoms with Crippen LogP contribution in [0.3, 0.4) is 0 Å². The maximum atomic E-state index is 11.1. The van der Waals surface area contributed by atoms with Gasteiger partial charge < -0.3 is 20.3 Å². The summed E-state index contributed by atoms with van der Waals surface area (Å²) in [6, 6.07) is 11.6. The van der Waals surface area contributed by atoms with Crippen molar-refractivity contribution in [1.29, 1.82) is 0 Å². The van der Waals surface area contributed by atoms with Crippen LogP contribution in [-0.4, -0.2) is 37.0 Å². The van der Waals surface area contributed by atoms with E-state index in [1.807, 2.05) is 63.1 Å². The van der Waals surface area contributed by atoms with Crippen LogP contribution in [0, 0.1) is 0 Å². The highest BCUT2D eigenvalue weighted by Crippen LogP contribution is 2.24. The zero-order chi connectivity index (χ0) is 20.5. The average Bonchev–Trinajstić information content (AvgIpc) is 2.67. The number of hydrogen-bond acceptors (Lipinski definition) is 5. The van der Waals surface area contributed by atoms with E-state index in [9.17, 15) is 9.59 Å². The highest BCUT2D eigenvalue weighted by molar-refractivity contribution is 5.99. The zero-order valence-corrected chi connectivity index (χ0v) is 16.8. The van der Waals surface area contributed by atoms with Gasteiger partial charge in [-0.1, -0.05) is 19.1 Å². The Kier molecular flexibility index (Phi) is 7.80. The van der Waals surface area contributed by atoms with Crippen LogP contribution in [0.4, 0.5) is 11.5 Å². The molecular formula is C21H28N4O3. The number of anilines is 2. The summed E-state index contributed by atoms with van der Waals surface area (Å²) < 4.78 is 5.55. The number of carbonyl (C=O) groups is 2. The molecule has 1 aliphatic rings. The molecule has 0 spiro atoms. The molecule has 3 rings (SSSR count). The smallest absolute Gasteiger partial charge is 0.244 e. The molecule has 1 aromatic carbocycles. The number of pyridine rings is 1. The number of ether oxygens (including phenoxy) is 1. The van der Waals surface area contributed by atoms with E-state index < -0.39 is 0 Å². The van der Waals surface area contributed by atoms with Crippen molar-refractivity contribution in [3.05, 3.63) is 48.2 Å². The fraction of sp³-hybridized carbons (Fsp3) is 0.381. The molecule has 2 N–H and O–H groups in total. The second-order valence-corrected chi connectivity index (χ2v) is 6.76. The number of nitrogens with one attached hydrogen (secondary N) is 2. The van der Waals surface area contributed by atoms with Crippen molar-refractivity contribution in [1.82, 2.24) is 10.3 Å². The number of likely N-dealkylation sites (N-methyl/N-ethyl adjacent to an activating group) is 1. The second kappa shape index (κ2) is 10.3. The van der Waals surface area contributed by atoms with Crippen molar-refractivity contribution in [3.8, 4) is 5.75 Å². The Bertz CT molecular complexity index is 777. The van der Waals surface area contributed by atoms with Gasteiger partial charge in [-0.3, -0.25) is 9.59 Å². The first kappa shape index (κ1) is 21.2. The van der Waals surface area contributed by atoms with E-state index in [1.165, 1.54) is 0 Å². The summed E-state index contributed by atoms with van der Waals surface area (Å²) in [4.78, 5) is 27.5. The predicted molar refractivity (Wildman–Crippen MR) is 111 cm³/mol. The van der Waals surface area contributed by atoms with E-state index in [1.54, 1.807) is 12.3 Å². The lowest BCUT2D eigenvalue weighted by Crippen LogP contribution is -2.35. The third-order valence-electron chi connectivity index (χ3n) is 4.13. The Morgan fingerprint density at radius 2 is 2.00 bits per heavy atom. The minimum atomic E-state index is 0.0120. The molecule has 1 aromatic heterocycles. The molecule has 7 nitrogen and oxygen atoms in total. The molecule has 0 fully saturated rings. The van der Waals surface area contributed by atoms with E-state index in [4.69, 9.17) is 4.74 Å². The van der Waals surface area contributed by atoms with Gasteiger partial charge in [0, 0.05) is 13.2 Å². The molecule has 0 saturated heterocycles. The van der Waals surface area contributed by atoms with Crippen molar-refractivity contribution in [2.24, 2.45) is 0 Å². The van der Waals surface area contributed by atoms with E-state index in [0.717, 1.165) is 35.6 Å². The van der Waals surface area contributed by atoms with E-state index in [0.29, 0.717) is 6.54 Å². The first-order valence-electron chi connectivity index (χ1n) is 9.36. The molecule has 7 heteroatoms. The van der Waals surface area contributed by atoms with Gasteiger partial charge in [0.1, 0.15) is 5.75 Å². The van der Waals surface area contributed by atoms with E-state index >= 15 is 0 Å². The summed E-state index contributed by atoms with van der Waals surface area (Å²) in [6.07, 6.45) is 3.52. The van der Waals surface area contributed by atoms with Gasteiger partial charge >= 0.3 is 0 Å². The van der Waals surface area contributed by atoms with Crippen LogP contribution in [0.1, 0.15) is 38.8 Å². The third kappa shape index (κ3) is 5.97. The van der Waals surface area contributed by atoms with Gasteiger partial charge in [0.15, 0.2) is 5.82 Å². The summed E-state index contributed by atoms with van der Waals surface area (Å²) in [5.74, 6) is 1.70. The van der Waals surface area contributed by atoms with Gasteiger partial charge in [-0.25, -0.2) is 4.98 Å². The molecule has 2 heterocycles. The second-order valence-electron chi connectivity index (χ2n) is 6.76. The van der Waals surface area contributed by atoms with Gasteiger partial charge in [0.25, 0.3) is 0 Å². The highest BCUT2D eigenvalue weighted by Gasteiger charge is 2.18. The molecule has 28 heavy (non-hydrogen) atoms. The molecule has 2 aromatic rings. The minimum Gasteiger partial charge on any atom is -0.491 e. The number of carbonyl (C=O) groups excluding carboxylic acids is 2. The van der Waals surface area contributed by atoms with Crippen LogP contribution in [0.5, 0.6) is 5.75 Å². The fourth-order valence-corrected chi connectivity index (χ4v) is 2.86. The molecule has 0 saturated carbocycles. The van der Waals surface area contributed by atoms with E-state index in [-0.39, 0.29) is 18.1 Å². The van der Waals surface area contributed by atoms with Gasteiger partial charge in [-0.2, -0.15) is 0 Å². The lowest BCUT2D eigenvalue weighted by Gasteiger charge is -2.25.